The molecule has 1 aliphatic heterocycles. The number of carboxylic acids is 1. The molecule has 1 aromatic carbocycles. The molecule has 0 fully saturated rings. The monoisotopic (exact) mass is 286 g/mol. The molecule has 0 saturated carbocycles. The van der Waals surface area contributed by atoms with Gasteiger partial charge >= 0.3 is 5.97 Å². The molecule has 1 heterocycles. The summed E-state index contributed by atoms with van der Waals surface area (Å²) in [4.78, 5) is 10.6. The van der Waals surface area contributed by atoms with Crippen molar-refractivity contribution in [3.63, 3.8) is 0 Å². The molecule has 86 valence electrons. The number of ether oxygens (including phenoxy) is 2. The average Bonchev–Trinajstić information content (AvgIpc) is 2.27. The number of halogens is 1. The third-order valence-electron chi connectivity index (χ3n) is 2.46. The molecule has 1 aliphatic rings. The molecule has 0 saturated heterocycles. The fraction of sp³-hybridized carbons (Fsp3) is 0.364. The van der Waals surface area contributed by atoms with Gasteiger partial charge in [0.1, 0.15) is 5.75 Å². The van der Waals surface area contributed by atoms with Crippen molar-refractivity contribution in [1.29, 1.82) is 0 Å². The average molecular weight is 287 g/mol. The van der Waals surface area contributed by atoms with E-state index in [1.54, 1.807) is 0 Å². The van der Waals surface area contributed by atoms with Crippen LogP contribution in [0.15, 0.2) is 16.6 Å². The molecule has 16 heavy (non-hydrogen) atoms. The number of hydrogen-bond donors (Lipinski definition) is 1. The number of benzene rings is 1. The third kappa shape index (κ3) is 2.36. The van der Waals surface area contributed by atoms with E-state index in [0.717, 1.165) is 21.3 Å². The zero-order valence-electron chi connectivity index (χ0n) is 8.53. The number of rotatable bonds is 3. The van der Waals surface area contributed by atoms with E-state index >= 15 is 0 Å². The molecular formula is C11H11BrO4. The number of carbonyl (C=O) groups is 1. The number of aliphatic carboxylic acids is 1. The van der Waals surface area contributed by atoms with Gasteiger partial charge in [0.2, 0.25) is 0 Å². The van der Waals surface area contributed by atoms with Crippen LogP contribution in [0.25, 0.3) is 0 Å². The number of hydrogen-bond acceptors (Lipinski definition) is 3. The third-order valence-corrected chi connectivity index (χ3v) is 3.21. The molecule has 0 radical (unpaired) electrons. The maximum atomic E-state index is 10.6. The van der Waals surface area contributed by atoms with Gasteiger partial charge in [-0.3, -0.25) is 4.79 Å². The topological polar surface area (TPSA) is 55.8 Å². The molecule has 1 aromatic rings. The van der Waals surface area contributed by atoms with Crippen molar-refractivity contribution >= 4 is 21.9 Å². The van der Waals surface area contributed by atoms with E-state index in [4.69, 9.17) is 14.6 Å². The minimum absolute atomic E-state index is 0.106. The molecule has 1 N–H and O–H groups in total. The van der Waals surface area contributed by atoms with E-state index in [2.05, 4.69) is 15.9 Å². The van der Waals surface area contributed by atoms with E-state index in [1.807, 2.05) is 12.1 Å². The Bertz CT molecular complexity index is 417. The highest BCUT2D eigenvalue weighted by Gasteiger charge is 2.17. The fourth-order valence-electron chi connectivity index (χ4n) is 1.69. The van der Waals surface area contributed by atoms with Gasteiger partial charge in [-0.2, -0.15) is 0 Å². The Labute approximate surface area is 101 Å². The number of fused-ring (bicyclic) bond motifs is 1. The summed E-state index contributed by atoms with van der Waals surface area (Å²) in [5, 5.41) is 8.69. The molecular weight excluding hydrogens is 276 g/mol. The highest BCUT2D eigenvalue weighted by atomic mass is 79.9. The van der Waals surface area contributed by atoms with Crippen molar-refractivity contribution in [2.45, 2.75) is 19.4 Å². The normalized spacial score (nSPS) is 14.1. The second kappa shape index (κ2) is 4.84. The van der Waals surface area contributed by atoms with Crippen LogP contribution in [0, 0.1) is 0 Å². The first kappa shape index (κ1) is 11.4. The van der Waals surface area contributed by atoms with Crippen LogP contribution < -0.4 is 4.74 Å². The van der Waals surface area contributed by atoms with E-state index < -0.39 is 5.97 Å². The highest BCUT2D eigenvalue weighted by Crippen LogP contribution is 2.32. The Morgan fingerprint density at radius 1 is 1.50 bits per heavy atom. The summed E-state index contributed by atoms with van der Waals surface area (Å²) in [5.74, 6) is -0.0167. The second-order valence-electron chi connectivity index (χ2n) is 3.51. The zero-order valence-corrected chi connectivity index (χ0v) is 10.1. The van der Waals surface area contributed by atoms with Gasteiger partial charge in [0, 0.05) is 16.5 Å². The molecule has 0 aliphatic carbocycles. The summed E-state index contributed by atoms with van der Waals surface area (Å²) in [6.07, 6.45) is 0.584. The van der Waals surface area contributed by atoms with Crippen molar-refractivity contribution in [2.75, 3.05) is 6.79 Å². The quantitative estimate of drug-likeness (QED) is 0.927. The Balaban J connectivity index is 2.30. The second-order valence-corrected chi connectivity index (χ2v) is 4.36. The first-order valence-corrected chi connectivity index (χ1v) is 5.70. The standard InChI is InChI=1S/C11H11BrO4/c12-9-2-3-10-8(5-15-6-16-10)7(9)1-4-11(13)14/h2-3H,1,4-6H2,(H,13,14). The number of carboxylic acid groups (broad SMARTS) is 1. The summed E-state index contributed by atoms with van der Waals surface area (Å²) in [7, 11) is 0. The molecule has 2 rings (SSSR count). The Kier molecular flexibility index (Phi) is 3.46. The molecule has 0 atom stereocenters. The first-order chi connectivity index (χ1) is 7.68. The van der Waals surface area contributed by atoms with Crippen LogP contribution in [0.3, 0.4) is 0 Å². The smallest absolute Gasteiger partial charge is 0.303 e. The Morgan fingerprint density at radius 2 is 2.31 bits per heavy atom. The Hall–Kier alpha value is -1.07. The lowest BCUT2D eigenvalue weighted by Crippen LogP contribution is -2.14. The Morgan fingerprint density at radius 3 is 3.06 bits per heavy atom. The maximum absolute atomic E-state index is 10.6. The van der Waals surface area contributed by atoms with Crippen molar-refractivity contribution in [3.05, 3.63) is 27.7 Å². The lowest BCUT2D eigenvalue weighted by atomic mass is 10.0. The molecule has 5 heteroatoms. The van der Waals surface area contributed by atoms with Crippen LogP contribution in [-0.4, -0.2) is 17.9 Å². The summed E-state index contributed by atoms with van der Waals surface area (Å²) < 4.78 is 11.4. The van der Waals surface area contributed by atoms with Crippen LogP contribution in [0.2, 0.25) is 0 Å². The van der Waals surface area contributed by atoms with Crippen LogP contribution in [0.5, 0.6) is 5.75 Å². The summed E-state index contributed by atoms with van der Waals surface area (Å²) in [6.45, 7) is 0.733. The lowest BCUT2D eigenvalue weighted by molar-refractivity contribution is -0.136. The van der Waals surface area contributed by atoms with E-state index in [0.29, 0.717) is 13.0 Å². The van der Waals surface area contributed by atoms with Gasteiger partial charge in [-0.15, -0.1) is 0 Å². The van der Waals surface area contributed by atoms with Crippen molar-refractivity contribution < 1.29 is 19.4 Å². The van der Waals surface area contributed by atoms with Gasteiger partial charge in [0.15, 0.2) is 6.79 Å². The minimum Gasteiger partial charge on any atom is -0.481 e. The van der Waals surface area contributed by atoms with Gasteiger partial charge in [-0.1, -0.05) is 15.9 Å². The van der Waals surface area contributed by atoms with Gasteiger partial charge < -0.3 is 14.6 Å². The predicted molar refractivity (Wildman–Crippen MR) is 60.4 cm³/mol. The van der Waals surface area contributed by atoms with Crippen molar-refractivity contribution in [1.82, 2.24) is 0 Å². The molecule has 0 unspecified atom stereocenters. The highest BCUT2D eigenvalue weighted by molar-refractivity contribution is 9.10. The first-order valence-electron chi connectivity index (χ1n) is 4.91. The van der Waals surface area contributed by atoms with Crippen molar-refractivity contribution in [3.8, 4) is 5.75 Å². The molecule has 4 nitrogen and oxygen atoms in total. The van der Waals surface area contributed by atoms with Crippen LogP contribution in [0.4, 0.5) is 0 Å². The SMILES string of the molecule is O=C(O)CCc1c(Br)ccc2c1COCO2. The van der Waals surface area contributed by atoms with Crippen molar-refractivity contribution in [2.24, 2.45) is 0 Å². The zero-order chi connectivity index (χ0) is 11.5. The summed E-state index contributed by atoms with van der Waals surface area (Å²) in [6, 6.07) is 3.74. The largest absolute Gasteiger partial charge is 0.481 e. The summed E-state index contributed by atoms with van der Waals surface area (Å²) in [5.41, 5.74) is 1.90. The summed E-state index contributed by atoms with van der Waals surface area (Å²) >= 11 is 3.42. The maximum Gasteiger partial charge on any atom is 0.303 e. The molecule has 0 aromatic heterocycles. The fourth-order valence-corrected chi connectivity index (χ4v) is 2.26. The molecule has 0 spiro atoms. The van der Waals surface area contributed by atoms with Crippen LogP contribution >= 0.6 is 15.9 Å². The minimum atomic E-state index is -0.804. The predicted octanol–water partition coefficient (Wildman–Crippen LogP) is 2.33. The van der Waals surface area contributed by atoms with Gasteiger partial charge in [-0.25, -0.2) is 0 Å². The van der Waals surface area contributed by atoms with Gasteiger partial charge in [-0.05, 0) is 24.1 Å². The van der Waals surface area contributed by atoms with Crippen LogP contribution in [0.1, 0.15) is 17.5 Å². The molecule has 0 amide bonds. The molecule has 0 bridgehead atoms. The van der Waals surface area contributed by atoms with Crippen LogP contribution in [-0.2, 0) is 22.6 Å². The van der Waals surface area contributed by atoms with E-state index in [9.17, 15) is 4.79 Å². The van der Waals surface area contributed by atoms with E-state index in [-0.39, 0.29) is 13.2 Å². The van der Waals surface area contributed by atoms with Gasteiger partial charge in [0.25, 0.3) is 0 Å². The lowest BCUT2D eigenvalue weighted by Gasteiger charge is -2.21. The van der Waals surface area contributed by atoms with Gasteiger partial charge in [0.05, 0.1) is 6.61 Å². The van der Waals surface area contributed by atoms with E-state index in [1.165, 1.54) is 0 Å².